The van der Waals surface area contributed by atoms with Crippen molar-refractivity contribution in [3.63, 3.8) is 0 Å². The first-order valence-electron chi connectivity index (χ1n) is 6.59. The summed E-state index contributed by atoms with van der Waals surface area (Å²) in [5.41, 5.74) is 0. The fourth-order valence-electron chi connectivity index (χ4n) is 1.30. The largest absolute Gasteiger partial charge is 0.481 e. The highest BCUT2D eigenvalue weighted by Gasteiger charge is 1.90. The lowest BCUT2D eigenvalue weighted by atomic mass is 10.2. The predicted molar refractivity (Wildman–Crippen MR) is 77.6 cm³/mol. The summed E-state index contributed by atoms with van der Waals surface area (Å²) in [6.45, 7) is 2.13. The molecule has 0 unspecified atom stereocenters. The van der Waals surface area contributed by atoms with Gasteiger partial charge in [-0.3, -0.25) is 4.79 Å². The number of carbonyl (C=O) groups is 1. The van der Waals surface area contributed by atoms with Crippen molar-refractivity contribution in [2.75, 3.05) is 0 Å². The second kappa shape index (κ2) is 13.5. The van der Waals surface area contributed by atoms with Gasteiger partial charge in [0.2, 0.25) is 0 Å². The third kappa shape index (κ3) is 14.4. The van der Waals surface area contributed by atoms with Crippen LogP contribution in [-0.2, 0) is 4.79 Å². The number of aliphatic carboxylic acids is 1. The van der Waals surface area contributed by atoms with Crippen LogP contribution in [0.5, 0.6) is 0 Å². The maximum absolute atomic E-state index is 10.2. The van der Waals surface area contributed by atoms with E-state index in [0.717, 1.165) is 25.7 Å². The molecule has 0 spiro atoms. The van der Waals surface area contributed by atoms with Crippen molar-refractivity contribution in [3.8, 4) is 0 Å². The summed E-state index contributed by atoms with van der Waals surface area (Å²) in [6, 6.07) is 0. The SMILES string of the molecule is CC/C=C\C/C=C/C/C=C\C/C=C\CCC(=O)O. The van der Waals surface area contributed by atoms with Gasteiger partial charge in [0, 0.05) is 6.42 Å². The van der Waals surface area contributed by atoms with Crippen LogP contribution in [0.3, 0.4) is 0 Å². The van der Waals surface area contributed by atoms with Crippen LogP contribution in [0.4, 0.5) is 0 Å². The van der Waals surface area contributed by atoms with E-state index in [1.165, 1.54) is 0 Å². The van der Waals surface area contributed by atoms with Crippen LogP contribution in [0.15, 0.2) is 48.6 Å². The zero-order valence-corrected chi connectivity index (χ0v) is 11.2. The average molecular weight is 248 g/mol. The van der Waals surface area contributed by atoms with E-state index in [1.54, 1.807) is 0 Å². The average Bonchev–Trinajstić information content (AvgIpc) is 2.34. The lowest BCUT2D eigenvalue weighted by molar-refractivity contribution is -0.136. The Labute approximate surface area is 110 Å². The van der Waals surface area contributed by atoms with Crippen LogP contribution in [0.1, 0.15) is 45.4 Å². The van der Waals surface area contributed by atoms with Crippen molar-refractivity contribution in [2.45, 2.75) is 45.4 Å². The Balaban J connectivity index is 3.42. The number of carboxylic acid groups (broad SMARTS) is 1. The molecular weight excluding hydrogens is 224 g/mol. The summed E-state index contributed by atoms with van der Waals surface area (Å²) < 4.78 is 0. The van der Waals surface area contributed by atoms with Crippen molar-refractivity contribution in [1.82, 2.24) is 0 Å². The molecule has 0 fully saturated rings. The van der Waals surface area contributed by atoms with E-state index < -0.39 is 5.97 Å². The van der Waals surface area contributed by atoms with Gasteiger partial charge in [0.15, 0.2) is 0 Å². The fourth-order valence-corrected chi connectivity index (χ4v) is 1.30. The summed E-state index contributed by atoms with van der Waals surface area (Å²) in [7, 11) is 0. The molecule has 0 aliphatic carbocycles. The summed E-state index contributed by atoms with van der Waals surface area (Å²) in [6.07, 6.45) is 21.6. The Bertz CT molecular complexity index is 309. The summed E-state index contributed by atoms with van der Waals surface area (Å²) >= 11 is 0. The maximum Gasteiger partial charge on any atom is 0.303 e. The van der Waals surface area contributed by atoms with E-state index in [2.05, 4.69) is 43.4 Å². The highest BCUT2D eigenvalue weighted by Crippen LogP contribution is 1.96. The first-order chi connectivity index (χ1) is 8.77. The van der Waals surface area contributed by atoms with Crippen LogP contribution in [0.2, 0.25) is 0 Å². The van der Waals surface area contributed by atoms with Crippen LogP contribution in [0, 0.1) is 0 Å². The molecule has 0 radical (unpaired) electrons. The van der Waals surface area contributed by atoms with Gasteiger partial charge in [0.05, 0.1) is 0 Å². The first-order valence-corrected chi connectivity index (χ1v) is 6.59. The predicted octanol–water partition coefficient (Wildman–Crippen LogP) is 4.66. The van der Waals surface area contributed by atoms with E-state index >= 15 is 0 Å². The van der Waals surface area contributed by atoms with Crippen molar-refractivity contribution >= 4 is 5.97 Å². The molecular formula is C16H24O2. The molecule has 0 rings (SSSR count). The minimum Gasteiger partial charge on any atom is -0.481 e. The van der Waals surface area contributed by atoms with Gasteiger partial charge < -0.3 is 5.11 Å². The van der Waals surface area contributed by atoms with Gasteiger partial charge in [-0.2, -0.15) is 0 Å². The maximum atomic E-state index is 10.2. The summed E-state index contributed by atoms with van der Waals surface area (Å²) in [4.78, 5) is 10.2. The minimum absolute atomic E-state index is 0.216. The number of allylic oxidation sites excluding steroid dienone is 8. The lowest BCUT2D eigenvalue weighted by Crippen LogP contribution is -1.91. The monoisotopic (exact) mass is 248 g/mol. The van der Waals surface area contributed by atoms with Crippen molar-refractivity contribution in [3.05, 3.63) is 48.6 Å². The van der Waals surface area contributed by atoms with Crippen LogP contribution < -0.4 is 0 Å². The molecule has 2 nitrogen and oxygen atoms in total. The van der Waals surface area contributed by atoms with Gasteiger partial charge in [-0.25, -0.2) is 0 Å². The van der Waals surface area contributed by atoms with Gasteiger partial charge in [-0.05, 0) is 32.1 Å². The third-order valence-electron chi connectivity index (χ3n) is 2.24. The molecule has 2 heteroatoms. The van der Waals surface area contributed by atoms with Gasteiger partial charge >= 0.3 is 5.97 Å². The highest BCUT2D eigenvalue weighted by molar-refractivity contribution is 5.66. The first kappa shape index (κ1) is 16.4. The van der Waals surface area contributed by atoms with Crippen LogP contribution in [-0.4, -0.2) is 11.1 Å². The van der Waals surface area contributed by atoms with Crippen molar-refractivity contribution in [2.24, 2.45) is 0 Å². The van der Waals surface area contributed by atoms with Gasteiger partial charge in [0.25, 0.3) is 0 Å². The van der Waals surface area contributed by atoms with E-state index in [-0.39, 0.29) is 6.42 Å². The molecule has 1 N–H and O–H groups in total. The zero-order chi connectivity index (χ0) is 13.5. The van der Waals surface area contributed by atoms with Gasteiger partial charge in [-0.15, -0.1) is 0 Å². The van der Waals surface area contributed by atoms with Crippen molar-refractivity contribution in [1.29, 1.82) is 0 Å². The molecule has 0 aromatic heterocycles. The van der Waals surface area contributed by atoms with E-state index in [4.69, 9.17) is 5.11 Å². The summed E-state index contributed by atoms with van der Waals surface area (Å²) in [5.74, 6) is -0.738. The molecule has 0 heterocycles. The molecule has 0 amide bonds. The Kier molecular flexibility index (Phi) is 12.3. The molecule has 0 saturated heterocycles. The Morgan fingerprint density at radius 2 is 1.28 bits per heavy atom. The quantitative estimate of drug-likeness (QED) is 0.571. The van der Waals surface area contributed by atoms with E-state index in [9.17, 15) is 4.79 Å². The number of carboxylic acids is 1. The molecule has 0 aliphatic rings. The Morgan fingerprint density at radius 1 is 0.833 bits per heavy atom. The fraction of sp³-hybridized carbons (Fsp3) is 0.438. The Hall–Kier alpha value is -1.57. The number of hydrogen-bond donors (Lipinski definition) is 1. The lowest BCUT2D eigenvalue weighted by Gasteiger charge is -1.87. The van der Waals surface area contributed by atoms with Crippen LogP contribution >= 0.6 is 0 Å². The molecule has 0 aromatic rings. The second-order valence-electron chi connectivity index (χ2n) is 3.93. The van der Waals surface area contributed by atoms with Crippen molar-refractivity contribution < 1.29 is 9.90 Å². The molecule has 0 atom stereocenters. The third-order valence-corrected chi connectivity index (χ3v) is 2.24. The molecule has 0 aromatic carbocycles. The van der Waals surface area contributed by atoms with E-state index in [1.807, 2.05) is 12.2 Å². The topological polar surface area (TPSA) is 37.3 Å². The minimum atomic E-state index is -0.738. The molecule has 0 saturated carbocycles. The normalized spacial score (nSPS) is 12.5. The number of hydrogen-bond acceptors (Lipinski definition) is 1. The standard InChI is InChI=1S/C16H24O2/c1-2-3-4-5-6-7-8-9-10-11-12-13-14-15-16(17)18/h3-4,6-7,9-10,12-13H,2,5,8,11,14-15H2,1H3,(H,17,18)/b4-3-,7-6+,10-9-,13-12-. The molecule has 18 heavy (non-hydrogen) atoms. The van der Waals surface area contributed by atoms with Crippen LogP contribution in [0.25, 0.3) is 0 Å². The summed E-state index contributed by atoms with van der Waals surface area (Å²) in [5, 5.41) is 8.43. The number of rotatable bonds is 10. The van der Waals surface area contributed by atoms with Gasteiger partial charge in [-0.1, -0.05) is 55.5 Å². The van der Waals surface area contributed by atoms with Gasteiger partial charge in [0.1, 0.15) is 0 Å². The van der Waals surface area contributed by atoms with E-state index in [0.29, 0.717) is 6.42 Å². The molecule has 100 valence electrons. The second-order valence-corrected chi connectivity index (χ2v) is 3.93. The molecule has 0 bridgehead atoms. The zero-order valence-electron chi connectivity index (χ0n) is 11.2. The highest BCUT2D eigenvalue weighted by atomic mass is 16.4. The molecule has 0 aliphatic heterocycles. The Morgan fingerprint density at radius 3 is 1.72 bits per heavy atom. The smallest absolute Gasteiger partial charge is 0.303 e.